The lowest BCUT2D eigenvalue weighted by molar-refractivity contribution is -0.0575. The molecule has 2 N–H and O–H groups in total. The lowest BCUT2D eigenvalue weighted by atomic mass is 9.96. The number of hydrogen-bond acceptors (Lipinski definition) is 6. The van der Waals surface area contributed by atoms with Gasteiger partial charge in [-0.25, -0.2) is 0 Å². The van der Waals surface area contributed by atoms with Crippen LogP contribution in [0, 0.1) is 0 Å². The lowest BCUT2D eigenvalue weighted by Gasteiger charge is -2.29. The number of allylic oxidation sites excluding steroid dienone is 2. The summed E-state index contributed by atoms with van der Waals surface area (Å²) in [6, 6.07) is 25.1. The van der Waals surface area contributed by atoms with E-state index in [2.05, 4.69) is 119 Å². The zero-order valence-corrected chi connectivity index (χ0v) is 35.5. The van der Waals surface area contributed by atoms with E-state index in [4.69, 9.17) is 19.7 Å². The molecule has 298 valence electrons. The molecule has 0 amide bonds. The topological polar surface area (TPSA) is 65.4 Å². The minimum atomic E-state index is -0.255. The van der Waals surface area contributed by atoms with Crippen molar-refractivity contribution in [2.45, 2.75) is 125 Å². The second-order valence-electron chi connectivity index (χ2n) is 14.5. The molecular formula is C47H76N2O4. The van der Waals surface area contributed by atoms with Crippen molar-refractivity contribution in [3.8, 4) is 0 Å². The number of benzene rings is 3. The van der Waals surface area contributed by atoms with E-state index in [1.54, 1.807) is 12.0 Å². The van der Waals surface area contributed by atoms with E-state index in [0.29, 0.717) is 6.61 Å². The number of aliphatic hydroxyl groups is 2. The highest BCUT2D eigenvalue weighted by Crippen LogP contribution is 2.23. The van der Waals surface area contributed by atoms with Gasteiger partial charge < -0.3 is 19.7 Å². The Kier molecular flexibility index (Phi) is 26.7. The maximum Gasteiger partial charge on any atom is 0.0953 e. The number of hydrogen-bond donors (Lipinski definition) is 2. The molecule has 0 aliphatic rings. The van der Waals surface area contributed by atoms with Crippen molar-refractivity contribution in [3.63, 3.8) is 0 Å². The molecule has 0 spiro atoms. The fourth-order valence-electron chi connectivity index (χ4n) is 5.77. The van der Waals surface area contributed by atoms with Gasteiger partial charge in [0.1, 0.15) is 0 Å². The third-order valence-corrected chi connectivity index (χ3v) is 8.77. The molecule has 0 radical (unpaired) electrons. The highest BCUT2D eigenvalue weighted by atomic mass is 16.5. The van der Waals surface area contributed by atoms with Gasteiger partial charge in [0.05, 0.1) is 24.5 Å². The summed E-state index contributed by atoms with van der Waals surface area (Å²) in [7, 11) is 4.63. The van der Waals surface area contributed by atoms with Crippen LogP contribution in [-0.4, -0.2) is 72.4 Å². The predicted octanol–water partition coefficient (Wildman–Crippen LogP) is 9.97. The normalized spacial score (nSPS) is 11.2. The summed E-state index contributed by atoms with van der Waals surface area (Å²) in [6.07, 6.45) is 9.73. The standard InChI is InChI=1S/C40H55NO2.C4H11NO.C2H6.CH4O/c1-9-14-32-17-12-19-36(23-32)29-41(31-38-25-33(15-10-2)24-34(26-38)16-11-3)30-37-20-13-18-35(27-37)28-40(6,7)43-22-21-39(4,5)42-8;1-3-5(2)4-6;2*1-2/h10-13,17-20,23-27H,2-3,9,14-16,21-22,28-31H2,1,4-8H3;6H,3-4H2,1-2H3;1-2H3;2H,1H3. The number of aliphatic hydroxyl groups excluding tert-OH is 2. The Balaban J connectivity index is 0.00000242. The van der Waals surface area contributed by atoms with Crippen molar-refractivity contribution in [1.29, 1.82) is 0 Å². The van der Waals surface area contributed by atoms with E-state index in [0.717, 1.165) is 71.8 Å². The van der Waals surface area contributed by atoms with Crippen LogP contribution in [0.4, 0.5) is 0 Å². The Morgan fingerprint density at radius 3 is 1.60 bits per heavy atom. The fraction of sp³-hybridized carbons (Fsp3) is 0.532. The molecule has 0 heterocycles. The lowest BCUT2D eigenvalue weighted by Crippen LogP contribution is -2.31. The van der Waals surface area contributed by atoms with Crippen molar-refractivity contribution in [2.24, 2.45) is 0 Å². The molecule has 0 saturated heterocycles. The van der Waals surface area contributed by atoms with Crippen LogP contribution in [0.1, 0.15) is 107 Å². The molecule has 3 aromatic carbocycles. The van der Waals surface area contributed by atoms with Crippen LogP contribution in [0.3, 0.4) is 0 Å². The zero-order chi connectivity index (χ0) is 40.3. The van der Waals surface area contributed by atoms with Gasteiger partial charge in [-0.2, -0.15) is 0 Å². The van der Waals surface area contributed by atoms with Gasteiger partial charge in [0.2, 0.25) is 0 Å². The first-order valence-electron chi connectivity index (χ1n) is 19.5. The van der Waals surface area contributed by atoms with Gasteiger partial charge in [-0.05, 0) is 106 Å². The molecule has 0 saturated carbocycles. The van der Waals surface area contributed by atoms with Crippen molar-refractivity contribution < 1.29 is 19.7 Å². The van der Waals surface area contributed by atoms with Crippen molar-refractivity contribution in [3.05, 3.63) is 131 Å². The average molecular weight is 733 g/mol. The third kappa shape index (κ3) is 22.0. The first-order chi connectivity index (χ1) is 25.3. The summed E-state index contributed by atoms with van der Waals surface area (Å²) in [5, 5.41) is 15.3. The van der Waals surface area contributed by atoms with Crippen molar-refractivity contribution in [2.75, 3.05) is 41.1 Å². The van der Waals surface area contributed by atoms with Crippen LogP contribution in [0.15, 0.2) is 92.0 Å². The Bertz CT molecular complexity index is 1370. The fourth-order valence-corrected chi connectivity index (χ4v) is 5.77. The molecule has 3 aromatic rings. The van der Waals surface area contributed by atoms with Crippen LogP contribution in [0.2, 0.25) is 0 Å². The van der Waals surface area contributed by atoms with E-state index in [1.807, 2.05) is 40.0 Å². The zero-order valence-electron chi connectivity index (χ0n) is 35.5. The maximum atomic E-state index is 8.26. The van der Waals surface area contributed by atoms with Gasteiger partial charge in [-0.1, -0.05) is 113 Å². The SMILES string of the molecule is C=CCc1cc(CC=C)cc(CN(Cc2cccc(CCC)c2)Cc2cccc(CC(C)(C)OCCC(C)(C)OC)c2)c1.CC.CCN(C)CO.CO. The quantitative estimate of drug-likeness (QED) is 0.0840. The molecule has 0 atom stereocenters. The van der Waals surface area contributed by atoms with Crippen LogP contribution < -0.4 is 0 Å². The Morgan fingerprint density at radius 1 is 0.698 bits per heavy atom. The number of rotatable bonds is 21. The summed E-state index contributed by atoms with van der Waals surface area (Å²) in [4.78, 5) is 4.38. The van der Waals surface area contributed by atoms with Crippen LogP contribution in [0.5, 0.6) is 0 Å². The smallest absolute Gasteiger partial charge is 0.0953 e. The second-order valence-corrected chi connectivity index (χ2v) is 14.5. The molecule has 0 fully saturated rings. The summed E-state index contributed by atoms with van der Waals surface area (Å²) in [6.45, 7) is 29.2. The molecule has 6 nitrogen and oxygen atoms in total. The van der Waals surface area contributed by atoms with Crippen molar-refractivity contribution >= 4 is 0 Å². The molecule has 0 aromatic heterocycles. The number of ether oxygens (including phenoxy) is 2. The maximum absolute atomic E-state index is 8.26. The van der Waals surface area contributed by atoms with Gasteiger partial charge in [0.25, 0.3) is 0 Å². The Morgan fingerprint density at radius 2 is 1.15 bits per heavy atom. The summed E-state index contributed by atoms with van der Waals surface area (Å²) < 4.78 is 11.9. The second kappa shape index (κ2) is 28.4. The van der Waals surface area contributed by atoms with E-state index in [9.17, 15) is 0 Å². The summed E-state index contributed by atoms with van der Waals surface area (Å²) in [5.41, 5.74) is 8.95. The Hall–Kier alpha value is -3.10. The van der Waals surface area contributed by atoms with Crippen LogP contribution in [-0.2, 0) is 54.8 Å². The number of methoxy groups -OCH3 is 1. The molecule has 0 unspecified atom stereocenters. The average Bonchev–Trinajstić information content (AvgIpc) is 3.13. The van der Waals surface area contributed by atoms with E-state index in [1.165, 1.54) is 38.9 Å². The van der Waals surface area contributed by atoms with Crippen molar-refractivity contribution in [1.82, 2.24) is 9.80 Å². The van der Waals surface area contributed by atoms with Crippen LogP contribution in [0.25, 0.3) is 0 Å². The van der Waals surface area contributed by atoms with Gasteiger partial charge in [-0.15, -0.1) is 13.2 Å². The van der Waals surface area contributed by atoms with Gasteiger partial charge in [-0.3, -0.25) is 9.80 Å². The molecular weight excluding hydrogens is 657 g/mol. The summed E-state index contributed by atoms with van der Waals surface area (Å²) in [5.74, 6) is 0. The minimum absolute atomic E-state index is 0.163. The van der Waals surface area contributed by atoms with E-state index < -0.39 is 0 Å². The highest BCUT2D eigenvalue weighted by molar-refractivity contribution is 5.33. The molecule has 6 heteroatoms. The highest BCUT2D eigenvalue weighted by Gasteiger charge is 2.23. The van der Waals surface area contributed by atoms with E-state index >= 15 is 0 Å². The largest absolute Gasteiger partial charge is 0.400 e. The van der Waals surface area contributed by atoms with Gasteiger partial charge in [0, 0.05) is 40.3 Å². The molecule has 53 heavy (non-hydrogen) atoms. The monoisotopic (exact) mass is 733 g/mol. The predicted molar refractivity (Wildman–Crippen MR) is 228 cm³/mol. The van der Waals surface area contributed by atoms with Gasteiger partial charge >= 0.3 is 0 Å². The summed E-state index contributed by atoms with van der Waals surface area (Å²) >= 11 is 0. The molecule has 0 bridgehead atoms. The molecule has 3 rings (SSSR count). The third-order valence-electron chi connectivity index (χ3n) is 8.77. The van der Waals surface area contributed by atoms with E-state index in [-0.39, 0.29) is 17.9 Å². The number of aryl methyl sites for hydroxylation is 1. The van der Waals surface area contributed by atoms with Gasteiger partial charge in [0.15, 0.2) is 0 Å². The minimum Gasteiger partial charge on any atom is -0.400 e. The first kappa shape index (κ1) is 49.9. The number of nitrogens with zero attached hydrogens (tertiary/aromatic N) is 2. The Labute approximate surface area is 325 Å². The first-order valence-corrected chi connectivity index (χ1v) is 19.5. The molecule has 0 aliphatic carbocycles. The molecule has 0 aliphatic heterocycles. The van der Waals surface area contributed by atoms with Crippen LogP contribution >= 0.6 is 0 Å².